The van der Waals surface area contributed by atoms with Gasteiger partial charge in [-0.05, 0) is 31.4 Å². The molecular formula is C16H24BrClNO2+. The van der Waals surface area contributed by atoms with Crippen molar-refractivity contribution in [1.82, 2.24) is 0 Å². The number of halogens is 2. The molecule has 1 aromatic rings. The molecule has 1 fully saturated rings. The van der Waals surface area contributed by atoms with Gasteiger partial charge in [0.05, 0.1) is 39.7 Å². The van der Waals surface area contributed by atoms with Gasteiger partial charge in [0, 0.05) is 10.0 Å². The summed E-state index contributed by atoms with van der Waals surface area (Å²) in [7, 11) is 3.34. The van der Waals surface area contributed by atoms with Crippen molar-refractivity contribution in [3.63, 3.8) is 0 Å². The summed E-state index contributed by atoms with van der Waals surface area (Å²) >= 11 is 9.74. The summed E-state index contributed by atoms with van der Waals surface area (Å²) in [5, 5.41) is 0. The van der Waals surface area contributed by atoms with Gasteiger partial charge < -0.3 is 14.0 Å². The summed E-state index contributed by atoms with van der Waals surface area (Å²) in [6.45, 7) is 4.46. The van der Waals surface area contributed by atoms with Crippen molar-refractivity contribution >= 4 is 27.5 Å². The second kappa shape index (κ2) is 7.70. The van der Waals surface area contributed by atoms with E-state index >= 15 is 0 Å². The van der Waals surface area contributed by atoms with E-state index in [2.05, 4.69) is 22.0 Å². The number of likely N-dealkylation sites (tertiary alicyclic amines) is 1. The van der Waals surface area contributed by atoms with Crippen LogP contribution in [0.15, 0.2) is 16.6 Å². The third-order valence-corrected chi connectivity index (χ3v) is 5.29. The zero-order valence-electron chi connectivity index (χ0n) is 12.8. The van der Waals surface area contributed by atoms with Crippen molar-refractivity contribution in [3.05, 3.63) is 22.2 Å². The summed E-state index contributed by atoms with van der Waals surface area (Å²) in [4.78, 5) is 0. The monoisotopic (exact) mass is 376 g/mol. The fourth-order valence-electron chi connectivity index (χ4n) is 3.20. The minimum atomic E-state index is 0.713. The average Bonchev–Trinajstić information content (AvgIpc) is 2.50. The van der Waals surface area contributed by atoms with E-state index in [0.717, 1.165) is 33.5 Å². The molecule has 21 heavy (non-hydrogen) atoms. The summed E-state index contributed by atoms with van der Waals surface area (Å²) in [6, 6.07) is 4.08. The van der Waals surface area contributed by atoms with E-state index in [1.165, 1.54) is 37.9 Å². The molecule has 5 heteroatoms. The molecule has 1 aliphatic rings. The van der Waals surface area contributed by atoms with Crippen molar-refractivity contribution in [2.45, 2.75) is 25.8 Å². The molecule has 118 valence electrons. The molecule has 3 nitrogen and oxygen atoms in total. The molecule has 0 aromatic heterocycles. The van der Waals surface area contributed by atoms with E-state index in [0.29, 0.717) is 5.88 Å². The largest absolute Gasteiger partial charge is 0.493 e. The fraction of sp³-hybridized carbons (Fsp3) is 0.625. The normalized spacial score (nSPS) is 17.5. The van der Waals surface area contributed by atoms with Crippen molar-refractivity contribution in [2.75, 3.05) is 39.7 Å². The van der Waals surface area contributed by atoms with Gasteiger partial charge in [0.15, 0.2) is 11.5 Å². The molecule has 2 rings (SSSR count). The Hall–Kier alpha value is -0.450. The molecule has 0 bridgehead atoms. The highest BCUT2D eigenvalue weighted by Crippen LogP contribution is 2.35. The molecule has 1 saturated heterocycles. The standard InChI is InChI=1S/C16H24BrClNO2/c1-20-15-10-13(14(17)11-16(15)21-2)12-19(9-6-18)7-4-3-5-8-19/h10-11H,3-9,12H2,1-2H3/q+1. The first kappa shape index (κ1) is 16.9. The molecule has 1 aliphatic heterocycles. The van der Waals surface area contributed by atoms with Gasteiger partial charge in [-0.2, -0.15) is 0 Å². The van der Waals surface area contributed by atoms with Gasteiger partial charge in [-0.25, -0.2) is 0 Å². The van der Waals surface area contributed by atoms with Crippen LogP contribution in [0.25, 0.3) is 0 Å². The zero-order valence-corrected chi connectivity index (χ0v) is 15.2. The molecule has 0 atom stereocenters. The number of piperidine rings is 1. The van der Waals surface area contributed by atoms with Crippen LogP contribution in [-0.2, 0) is 6.54 Å². The van der Waals surface area contributed by atoms with Crippen LogP contribution in [0.2, 0.25) is 0 Å². The number of rotatable bonds is 6. The number of hydrogen-bond acceptors (Lipinski definition) is 2. The number of hydrogen-bond donors (Lipinski definition) is 0. The highest BCUT2D eigenvalue weighted by Gasteiger charge is 2.30. The van der Waals surface area contributed by atoms with Crippen LogP contribution in [0.4, 0.5) is 0 Å². The second-order valence-electron chi connectivity index (χ2n) is 5.72. The second-order valence-corrected chi connectivity index (χ2v) is 6.95. The lowest BCUT2D eigenvalue weighted by Crippen LogP contribution is -2.51. The highest BCUT2D eigenvalue weighted by atomic mass is 79.9. The predicted molar refractivity (Wildman–Crippen MR) is 90.4 cm³/mol. The molecule has 0 N–H and O–H groups in total. The van der Waals surface area contributed by atoms with Crippen LogP contribution < -0.4 is 9.47 Å². The van der Waals surface area contributed by atoms with Crippen LogP contribution in [-0.4, -0.2) is 44.2 Å². The first-order valence-corrected chi connectivity index (χ1v) is 8.78. The number of benzene rings is 1. The third-order valence-electron chi connectivity index (χ3n) is 4.38. The Kier molecular flexibility index (Phi) is 6.20. The van der Waals surface area contributed by atoms with Crippen LogP contribution in [0.5, 0.6) is 11.5 Å². The Morgan fingerprint density at radius 3 is 2.29 bits per heavy atom. The first-order valence-electron chi connectivity index (χ1n) is 7.45. The van der Waals surface area contributed by atoms with Crippen molar-refractivity contribution in [2.24, 2.45) is 0 Å². The Bertz CT molecular complexity index is 470. The maximum Gasteiger partial charge on any atom is 0.161 e. The lowest BCUT2D eigenvalue weighted by molar-refractivity contribution is -0.943. The summed E-state index contributed by atoms with van der Waals surface area (Å²) in [5.41, 5.74) is 1.26. The molecule has 0 unspecified atom stereocenters. The minimum absolute atomic E-state index is 0.713. The van der Waals surface area contributed by atoms with E-state index < -0.39 is 0 Å². The maximum absolute atomic E-state index is 6.06. The lowest BCUT2D eigenvalue weighted by atomic mass is 10.0. The molecule has 1 aromatic carbocycles. The van der Waals surface area contributed by atoms with E-state index in [-0.39, 0.29) is 0 Å². The SMILES string of the molecule is COc1cc(Br)c(C[N+]2(CCCl)CCCCC2)cc1OC. The van der Waals surface area contributed by atoms with Crippen molar-refractivity contribution in [1.29, 1.82) is 0 Å². The van der Waals surface area contributed by atoms with E-state index in [4.69, 9.17) is 21.1 Å². The van der Waals surface area contributed by atoms with Crippen LogP contribution in [0.3, 0.4) is 0 Å². The number of nitrogens with zero attached hydrogens (tertiary/aromatic N) is 1. The van der Waals surface area contributed by atoms with Crippen LogP contribution >= 0.6 is 27.5 Å². The average molecular weight is 378 g/mol. The van der Waals surface area contributed by atoms with Gasteiger partial charge in [0.2, 0.25) is 0 Å². The predicted octanol–water partition coefficient (Wildman–Crippen LogP) is 4.21. The molecule has 0 spiro atoms. The van der Waals surface area contributed by atoms with E-state index in [1.54, 1.807) is 14.2 Å². The number of methoxy groups -OCH3 is 2. The van der Waals surface area contributed by atoms with Crippen LogP contribution in [0.1, 0.15) is 24.8 Å². The quantitative estimate of drug-likeness (QED) is 0.546. The van der Waals surface area contributed by atoms with Gasteiger partial charge in [-0.15, -0.1) is 11.6 Å². The molecule has 0 radical (unpaired) electrons. The van der Waals surface area contributed by atoms with Crippen LogP contribution in [0, 0.1) is 0 Å². The van der Waals surface area contributed by atoms with Crippen molar-refractivity contribution < 1.29 is 14.0 Å². The van der Waals surface area contributed by atoms with Gasteiger partial charge in [-0.1, -0.05) is 15.9 Å². The van der Waals surface area contributed by atoms with Gasteiger partial charge in [-0.3, -0.25) is 0 Å². The topological polar surface area (TPSA) is 18.5 Å². The fourth-order valence-corrected chi connectivity index (χ4v) is 4.01. The highest BCUT2D eigenvalue weighted by molar-refractivity contribution is 9.10. The number of ether oxygens (including phenoxy) is 2. The first-order chi connectivity index (χ1) is 10.1. The molecule has 0 amide bonds. The molecular weight excluding hydrogens is 354 g/mol. The zero-order chi connectivity index (χ0) is 15.3. The number of quaternary nitrogens is 1. The summed E-state index contributed by atoms with van der Waals surface area (Å²) in [6.07, 6.45) is 3.93. The molecule has 0 aliphatic carbocycles. The Labute approximate surface area is 140 Å². The summed E-state index contributed by atoms with van der Waals surface area (Å²) < 4.78 is 13.0. The molecule has 0 saturated carbocycles. The summed E-state index contributed by atoms with van der Waals surface area (Å²) in [5.74, 6) is 2.26. The number of alkyl halides is 1. The van der Waals surface area contributed by atoms with Crippen molar-refractivity contribution in [3.8, 4) is 11.5 Å². The van der Waals surface area contributed by atoms with E-state index in [1.807, 2.05) is 6.07 Å². The van der Waals surface area contributed by atoms with Gasteiger partial charge >= 0.3 is 0 Å². The Morgan fingerprint density at radius 1 is 1.10 bits per heavy atom. The Balaban J connectivity index is 2.27. The lowest BCUT2D eigenvalue weighted by Gasteiger charge is -2.41. The molecule has 1 heterocycles. The Morgan fingerprint density at radius 2 is 1.71 bits per heavy atom. The maximum atomic E-state index is 6.06. The van der Waals surface area contributed by atoms with Gasteiger partial charge in [0.25, 0.3) is 0 Å². The third kappa shape index (κ3) is 4.05. The van der Waals surface area contributed by atoms with Gasteiger partial charge in [0.1, 0.15) is 6.54 Å². The minimum Gasteiger partial charge on any atom is -0.493 e. The van der Waals surface area contributed by atoms with E-state index in [9.17, 15) is 0 Å². The smallest absolute Gasteiger partial charge is 0.161 e.